The van der Waals surface area contributed by atoms with Gasteiger partial charge in [0.15, 0.2) is 0 Å². The van der Waals surface area contributed by atoms with Gasteiger partial charge in [-0.1, -0.05) is 39.0 Å². The highest BCUT2D eigenvalue weighted by molar-refractivity contribution is 5.76. The number of carbonyl (C=O) groups is 1. The predicted molar refractivity (Wildman–Crippen MR) is 76.9 cm³/mol. The zero-order valence-corrected chi connectivity index (χ0v) is 11.6. The number of anilines is 1. The smallest absolute Gasteiger partial charge is 0.221 e. The first kappa shape index (κ1) is 14.6. The minimum absolute atomic E-state index is 0.117. The number of hydrogen-bond acceptors (Lipinski definition) is 2. The average molecular weight is 248 g/mol. The van der Waals surface area contributed by atoms with Crippen molar-refractivity contribution in [2.75, 3.05) is 18.4 Å². The second-order valence-electron chi connectivity index (χ2n) is 4.77. The molecule has 1 rings (SSSR count). The number of nitrogens with one attached hydrogen (secondary N) is 2. The molecule has 0 saturated heterocycles. The lowest BCUT2D eigenvalue weighted by Gasteiger charge is -2.14. The van der Waals surface area contributed by atoms with Crippen molar-refractivity contribution in [1.29, 1.82) is 0 Å². The van der Waals surface area contributed by atoms with Crippen LogP contribution in [0.5, 0.6) is 0 Å². The van der Waals surface area contributed by atoms with Crippen LogP contribution in [0.2, 0.25) is 0 Å². The quantitative estimate of drug-likeness (QED) is 0.778. The molecule has 0 bridgehead atoms. The highest BCUT2D eigenvalue weighted by Crippen LogP contribution is 2.23. The van der Waals surface area contributed by atoms with E-state index in [2.05, 4.69) is 49.6 Å². The van der Waals surface area contributed by atoms with Crippen LogP contribution >= 0.6 is 0 Å². The highest BCUT2D eigenvalue weighted by atomic mass is 16.1. The Labute approximate surface area is 110 Å². The van der Waals surface area contributed by atoms with E-state index >= 15 is 0 Å². The zero-order chi connectivity index (χ0) is 13.4. The van der Waals surface area contributed by atoms with E-state index in [9.17, 15) is 4.79 Å². The molecule has 100 valence electrons. The minimum Gasteiger partial charge on any atom is -0.384 e. The second kappa shape index (κ2) is 7.75. The van der Waals surface area contributed by atoms with E-state index in [-0.39, 0.29) is 5.91 Å². The van der Waals surface area contributed by atoms with Crippen LogP contribution in [-0.4, -0.2) is 19.0 Å². The molecule has 3 heteroatoms. The van der Waals surface area contributed by atoms with E-state index in [1.54, 1.807) is 0 Å². The van der Waals surface area contributed by atoms with Gasteiger partial charge in [0.2, 0.25) is 5.91 Å². The standard InChI is InChI=1S/C15H24N2O/c1-4-10-17-15(18)9-11-16-14-8-6-5-7-13(14)12(2)3/h5-8,12,16H,4,9-11H2,1-3H3,(H,17,18). The summed E-state index contributed by atoms with van der Waals surface area (Å²) >= 11 is 0. The molecule has 1 aromatic carbocycles. The number of benzene rings is 1. The van der Waals surface area contributed by atoms with Gasteiger partial charge in [0.25, 0.3) is 0 Å². The molecule has 0 aromatic heterocycles. The molecule has 0 saturated carbocycles. The first-order valence-corrected chi connectivity index (χ1v) is 6.74. The Hall–Kier alpha value is -1.51. The lowest BCUT2D eigenvalue weighted by molar-refractivity contribution is -0.120. The van der Waals surface area contributed by atoms with Gasteiger partial charge in [0.1, 0.15) is 0 Å². The Balaban J connectivity index is 2.42. The fourth-order valence-corrected chi connectivity index (χ4v) is 1.82. The summed E-state index contributed by atoms with van der Waals surface area (Å²) < 4.78 is 0. The van der Waals surface area contributed by atoms with Crippen molar-refractivity contribution in [2.45, 2.75) is 39.5 Å². The van der Waals surface area contributed by atoms with E-state index in [1.807, 2.05) is 6.07 Å². The van der Waals surface area contributed by atoms with E-state index < -0.39 is 0 Å². The molecular weight excluding hydrogens is 224 g/mol. The van der Waals surface area contributed by atoms with Gasteiger partial charge in [0.05, 0.1) is 0 Å². The summed E-state index contributed by atoms with van der Waals surface area (Å²) in [6.45, 7) is 7.85. The van der Waals surface area contributed by atoms with E-state index in [1.165, 1.54) is 5.56 Å². The fraction of sp³-hybridized carbons (Fsp3) is 0.533. The van der Waals surface area contributed by atoms with Crippen molar-refractivity contribution >= 4 is 11.6 Å². The number of hydrogen-bond donors (Lipinski definition) is 2. The van der Waals surface area contributed by atoms with Crippen LogP contribution < -0.4 is 10.6 Å². The van der Waals surface area contributed by atoms with E-state index in [4.69, 9.17) is 0 Å². The van der Waals surface area contributed by atoms with Crippen LogP contribution in [0.1, 0.15) is 45.1 Å². The third-order valence-electron chi connectivity index (χ3n) is 2.82. The normalized spacial score (nSPS) is 10.4. The van der Waals surface area contributed by atoms with Gasteiger partial charge in [-0.2, -0.15) is 0 Å². The molecule has 0 aliphatic carbocycles. The number of carbonyl (C=O) groups excluding carboxylic acids is 1. The summed E-state index contributed by atoms with van der Waals surface area (Å²) in [6, 6.07) is 8.27. The summed E-state index contributed by atoms with van der Waals surface area (Å²) in [7, 11) is 0. The Morgan fingerprint density at radius 3 is 2.61 bits per heavy atom. The number of amides is 1. The summed E-state index contributed by atoms with van der Waals surface area (Å²) in [4.78, 5) is 11.5. The van der Waals surface area contributed by atoms with Crippen molar-refractivity contribution in [1.82, 2.24) is 5.32 Å². The molecule has 1 aromatic rings. The van der Waals surface area contributed by atoms with Crippen molar-refractivity contribution in [3.8, 4) is 0 Å². The SMILES string of the molecule is CCCNC(=O)CCNc1ccccc1C(C)C. The molecule has 1 amide bonds. The van der Waals surface area contributed by atoms with Crippen molar-refractivity contribution in [3.63, 3.8) is 0 Å². The number of rotatable bonds is 7. The second-order valence-corrected chi connectivity index (χ2v) is 4.77. The Morgan fingerprint density at radius 2 is 1.94 bits per heavy atom. The molecule has 0 aliphatic rings. The minimum atomic E-state index is 0.117. The van der Waals surface area contributed by atoms with E-state index in [0.29, 0.717) is 18.9 Å². The van der Waals surface area contributed by atoms with Crippen LogP contribution in [0.15, 0.2) is 24.3 Å². The highest BCUT2D eigenvalue weighted by Gasteiger charge is 2.05. The maximum Gasteiger partial charge on any atom is 0.221 e. The fourth-order valence-electron chi connectivity index (χ4n) is 1.82. The molecule has 0 unspecified atom stereocenters. The van der Waals surface area contributed by atoms with Crippen LogP contribution in [0.25, 0.3) is 0 Å². The topological polar surface area (TPSA) is 41.1 Å². The monoisotopic (exact) mass is 248 g/mol. The largest absolute Gasteiger partial charge is 0.384 e. The summed E-state index contributed by atoms with van der Waals surface area (Å²) in [5.74, 6) is 0.606. The first-order chi connectivity index (χ1) is 8.65. The molecule has 2 N–H and O–H groups in total. The Bertz CT molecular complexity index is 375. The molecule has 18 heavy (non-hydrogen) atoms. The van der Waals surface area contributed by atoms with Crippen LogP contribution in [0.3, 0.4) is 0 Å². The van der Waals surface area contributed by atoms with E-state index in [0.717, 1.165) is 18.7 Å². The summed E-state index contributed by atoms with van der Waals surface area (Å²) in [5, 5.41) is 6.22. The molecule has 0 spiro atoms. The van der Waals surface area contributed by atoms with Gasteiger partial charge in [-0.15, -0.1) is 0 Å². The van der Waals surface area contributed by atoms with Gasteiger partial charge >= 0.3 is 0 Å². The molecule has 0 radical (unpaired) electrons. The molecule has 0 atom stereocenters. The van der Waals surface area contributed by atoms with Gasteiger partial charge < -0.3 is 10.6 Å². The van der Waals surface area contributed by atoms with Gasteiger partial charge in [0, 0.05) is 25.2 Å². The summed E-state index contributed by atoms with van der Waals surface area (Å²) in [6.07, 6.45) is 1.50. The first-order valence-electron chi connectivity index (χ1n) is 6.74. The van der Waals surface area contributed by atoms with Crippen molar-refractivity contribution < 1.29 is 4.79 Å². The Morgan fingerprint density at radius 1 is 1.22 bits per heavy atom. The molecular formula is C15H24N2O. The summed E-state index contributed by atoms with van der Waals surface area (Å²) in [5.41, 5.74) is 2.43. The molecule has 0 aliphatic heterocycles. The third-order valence-corrected chi connectivity index (χ3v) is 2.82. The Kier molecular flexibility index (Phi) is 6.26. The van der Waals surface area contributed by atoms with Crippen LogP contribution in [0, 0.1) is 0 Å². The van der Waals surface area contributed by atoms with Gasteiger partial charge in [-0.05, 0) is 24.0 Å². The maximum absolute atomic E-state index is 11.5. The van der Waals surface area contributed by atoms with Crippen LogP contribution in [-0.2, 0) is 4.79 Å². The van der Waals surface area contributed by atoms with Crippen molar-refractivity contribution in [2.24, 2.45) is 0 Å². The van der Waals surface area contributed by atoms with Crippen molar-refractivity contribution in [3.05, 3.63) is 29.8 Å². The third kappa shape index (κ3) is 4.78. The lowest BCUT2D eigenvalue weighted by atomic mass is 10.0. The zero-order valence-electron chi connectivity index (χ0n) is 11.6. The maximum atomic E-state index is 11.5. The molecule has 3 nitrogen and oxygen atoms in total. The molecule has 0 fully saturated rings. The number of para-hydroxylation sites is 1. The lowest BCUT2D eigenvalue weighted by Crippen LogP contribution is -2.26. The van der Waals surface area contributed by atoms with Gasteiger partial charge in [-0.3, -0.25) is 4.79 Å². The average Bonchev–Trinajstić information content (AvgIpc) is 2.36. The van der Waals surface area contributed by atoms with Crippen LogP contribution in [0.4, 0.5) is 5.69 Å². The molecule has 0 heterocycles. The van der Waals surface area contributed by atoms with Gasteiger partial charge in [-0.25, -0.2) is 0 Å². The predicted octanol–water partition coefficient (Wildman–Crippen LogP) is 3.14.